The molecule has 2 aromatic carbocycles. The fourth-order valence-corrected chi connectivity index (χ4v) is 3.58. The molecule has 1 heterocycles. The minimum atomic E-state index is -0.357. The van der Waals surface area contributed by atoms with Gasteiger partial charge in [0.15, 0.2) is 4.77 Å². The third kappa shape index (κ3) is 6.56. The highest BCUT2D eigenvalue weighted by atomic mass is 32.1. The lowest BCUT2D eigenvalue weighted by Crippen LogP contribution is -2.35. The van der Waals surface area contributed by atoms with Crippen molar-refractivity contribution in [3.63, 3.8) is 0 Å². The summed E-state index contributed by atoms with van der Waals surface area (Å²) >= 11 is 5.30. The van der Waals surface area contributed by atoms with Crippen molar-refractivity contribution in [1.29, 1.82) is 0 Å². The van der Waals surface area contributed by atoms with Crippen LogP contribution in [0.5, 0.6) is 0 Å². The average molecular weight is 473 g/mol. The Kier molecular flexibility index (Phi) is 8.45. The molecule has 0 saturated heterocycles. The molecule has 0 aliphatic carbocycles. The Labute approximate surface area is 194 Å². The third-order valence-electron chi connectivity index (χ3n) is 4.98. The number of benzene rings is 2. The van der Waals surface area contributed by atoms with Gasteiger partial charge in [-0.1, -0.05) is 12.1 Å². The first-order valence-electron chi connectivity index (χ1n) is 10.4. The van der Waals surface area contributed by atoms with Crippen LogP contribution in [0.25, 0.3) is 10.9 Å². The maximum atomic E-state index is 12.9. The second kappa shape index (κ2) is 11.5. The number of H-pyrrole nitrogens is 1. The lowest BCUT2D eigenvalue weighted by molar-refractivity contribution is -0.120. The van der Waals surface area contributed by atoms with E-state index in [4.69, 9.17) is 17.0 Å². The zero-order valence-electron chi connectivity index (χ0n) is 18.2. The first kappa shape index (κ1) is 24.3. The van der Waals surface area contributed by atoms with E-state index in [1.165, 1.54) is 16.7 Å². The maximum absolute atomic E-state index is 12.9. The van der Waals surface area contributed by atoms with Crippen LogP contribution in [0.2, 0.25) is 0 Å². The molecule has 8 nitrogen and oxygen atoms in total. The number of nitrogens with zero attached hydrogens (tertiary/aromatic N) is 1. The summed E-state index contributed by atoms with van der Waals surface area (Å²) in [6.07, 6.45) is 0.779. The van der Waals surface area contributed by atoms with Crippen molar-refractivity contribution in [2.45, 2.75) is 19.4 Å². The van der Waals surface area contributed by atoms with Gasteiger partial charge in [-0.2, -0.15) is 0 Å². The predicted molar refractivity (Wildman–Crippen MR) is 125 cm³/mol. The Morgan fingerprint density at radius 1 is 1.12 bits per heavy atom. The Balaban J connectivity index is 1.55. The number of aromatic amines is 1. The topological polar surface area (TPSA) is 105 Å². The molecular weight excluding hydrogens is 447 g/mol. The highest BCUT2D eigenvalue weighted by molar-refractivity contribution is 7.71. The second-order valence-corrected chi connectivity index (χ2v) is 7.79. The summed E-state index contributed by atoms with van der Waals surface area (Å²) in [5.41, 5.74) is 1.32. The van der Waals surface area contributed by atoms with E-state index in [0.717, 1.165) is 0 Å². The van der Waals surface area contributed by atoms with Gasteiger partial charge in [0.05, 0.1) is 17.3 Å². The van der Waals surface area contributed by atoms with Gasteiger partial charge in [0.1, 0.15) is 5.82 Å². The molecule has 3 N–H and O–H groups in total. The van der Waals surface area contributed by atoms with Crippen LogP contribution in [-0.2, 0) is 22.5 Å². The third-order valence-corrected chi connectivity index (χ3v) is 5.31. The van der Waals surface area contributed by atoms with Crippen LogP contribution in [0.3, 0.4) is 0 Å². The second-order valence-electron chi connectivity index (χ2n) is 7.40. The van der Waals surface area contributed by atoms with E-state index in [0.29, 0.717) is 41.6 Å². The van der Waals surface area contributed by atoms with Gasteiger partial charge in [0, 0.05) is 38.9 Å². The number of rotatable bonds is 10. The molecule has 0 aliphatic heterocycles. The number of nitrogens with one attached hydrogen (secondary N) is 3. The quantitative estimate of drug-likeness (QED) is 0.310. The van der Waals surface area contributed by atoms with Crippen LogP contribution in [0.1, 0.15) is 22.3 Å². The minimum Gasteiger partial charge on any atom is -0.385 e. The average Bonchev–Trinajstić information content (AvgIpc) is 2.80. The summed E-state index contributed by atoms with van der Waals surface area (Å²) in [4.78, 5) is 40.2. The van der Waals surface area contributed by atoms with Crippen molar-refractivity contribution in [3.05, 3.63) is 74.5 Å². The number of aromatic nitrogens is 2. The van der Waals surface area contributed by atoms with Gasteiger partial charge < -0.3 is 20.4 Å². The number of fused-ring (bicyclic) bond motifs is 1. The molecule has 0 fully saturated rings. The molecule has 33 heavy (non-hydrogen) atoms. The fourth-order valence-electron chi connectivity index (χ4n) is 3.30. The van der Waals surface area contributed by atoms with E-state index in [2.05, 4.69) is 15.6 Å². The van der Waals surface area contributed by atoms with Gasteiger partial charge in [-0.05, 0) is 54.5 Å². The van der Waals surface area contributed by atoms with Gasteiger partial charge in [0.2, 0.25) is 5.91 Å². The number of halogens is 1. The molecule has 0 bridgehead atoms. The van der Waals surface area contributed by atoms with Crippen LogP contribution in [0.15, 0.2) is 47.3 Å². The molecule has 0 aliphatic rings. The summed E-state index contributed by atoms with van der Waals surface area (Å²) in [6, 6.07) is 10.4. The van der Waals surface area contributed by atoms with E-state index in [-0.39, 0.29) is 47.5 Å². The van der Waals surface area contributed by atoms with Crippen LogP contribution >= 0.6 is 12.2 Å². The molecule has 0 saturated carbocycles. The summed E-state index contributed by atoms with van der Waals surface area (Å²) in [5.74, 6) is -0.922. The highest BCUT2D eigenvalue weighted by Crippen LogP contribution is 2.11. The molecule has 1 aromatic heterocycles. The van der Waals surface area contributed by atoms with Gasteiger partial charge in [0.25, 0.3) is 11.5 Å². The SMILES string of the molecule is COCCCn1c(=S)[nH]c2cc(C(=O)NCCNC(=O)Cc3ccc(F)cc3)ccc2c1=O. The van der Waals surface area contributed by atoms with Gasteiger partial charge in [-0.3, -0.25) is 19.0 Å². The number of methoxy groups -OCH3 is 1. The number of amides is 2. The monoisotopic (exact) mass is 472 g/mol. The standard InChI is InChI=1S/C23H25FN4O4S/c1-32-12-2-11-28-22(31)18-8-5-16(14-19(18)27-23(28)33)21(30)26-10-9-25-20(29)13-15-3-6-17(24)7-4-15/h3-8,14H,2,9-13H2,1H3,(H,25,29)(H,26,30)(H,27,33). The molecule has 0 radical (unpaired) electrons. The molecule has 2 amide bonds. The molecule has 3 rings (SSSR count). The summed E-state index contributed by atoms with van der Waals surface area (Å²) in [7, 11) is 1.60. The predicted octanol–water partition coefficient (Wildman–Crippen LogP) is 2.32. The number of hydrogen-bond acceptors (Lipinski definition) is 5. The fraction of sp³-hybridized carbons (Fsp3) is 0.304. The Hall–Kier alpha value is -3.37. The highest BCUT2D eigenvalue weighted by Gasteiger charge is 2.11. The Bertz CT molecular complexity index is 1250. The number of hydrogen-bond donors (Lipinski definition) is 3. The smallest absolute Gasteiger partial charge is 0.262 e. The number of ether oxygens (including phenoxy) is 1. The van der Waals surface area contributed by atoms with Crippen molar-refractivity contribution in [1.82, 2.24) is 20.2 Å². The minimum absolute atomic E-state index is 0.126. The van der Waals surface area contributed by atoms with Crippen molar-refractivity contribution < 1.29 is 18.7 Å². The normalized spacial score (nSPS) is 10.8. The van der Waals surface area contributed by atoms with Crippen molar-refractivity contribution >= 4 is 34.9 Å². The van der Waals surface area contributed by atoms with Gasteiger partial charge in [-0.25, -0.2) is 4.39 Å². The first-order chi connectivity index (χ1) is 15.9. The van der Waals surface area contributed by atoms with Crippen molar-refractivity contribution in [2.75, 3.05) is 26.8 Å². The van der Waals surface area contributed by atoms with E-state index in [1.54, 1.807) is 37.4 Å². The molecule has 0 unspecified atom stereocenters. The van der Waals surface area contributed by atoms with Crippen molar-refractivity contribution in [3.8, 4) is 0 Å². The van der Waals surface area contributed by atoms with E-state index < -0.39 is 0 Å². The van der Waals surface area contributed by atoms with Gasteiger partial charge >= 0.3 is 0 Å². The molecule has 174 valence electrons. The Morgan fingerprint density at radius 2 is 1.85 bits per heavy atom. The molecular formula is C23H25FN4O4S. The molecule has 0 spiro atoms. The number of carbonyl (C=O) groups excluding carboxylic acids is 2. The summed E-state index contributed by atoms with van der Waals surface area (Å²) < 4.78 is 19.7. The summed E-state index contributed by atoms with van der Waals surface area (Å²) in [6.45, 7) is 1.43. The van der Waals surface area contributed by atoms with E-state index in [9.17, 15) is 18.8 Å². The van der Waals surface area contributed by atoms with Crippen LogP contribution in [0, 0.1) is 10.6 Å². The first-order valence-corrected chi connectivity index (χ1v) is 10.8. The van der Waals surface area contributed by atoms with Gasteiger partial charge in [-0.15, -0.1) is 0 Å². The van der Waals surface area contributed by atoms with E-state index in [1.807, 2.05) is 0 Å². The zero-order valence-corrected chi connectivity index (χ0v) is 19.0. The van der Waals surface area contributed by atoms with Crippen LogP contribution < -0.4 is 16.2 Å². The summed E-state index contributed by atoms with van der Waals surface area (Å²) in [5, 5.41) is 5.86. The number of carbonyl (C=O) groups is 2. The zero-order chi connectivity index (χ0) is 23.8. The lowest BCUT2D eigenvalue weighted by atomic mass is 10.1. The Morgan fingerprint density at radius 3 is 2.58 bits per heavy atom. The van der Waals surface area contributed by atoms with Crippen molar-refractivity contribution in [2.24, 2.45) is 0 Å². The van der Waals surface area contributed by atoms with E-state index >= 15 is 0 Å². The van der Waals surface area contributed by atoms with Crippen LogP contribution in [0.4, 0.5) is 4.39 Å². The maximum Gasteiger partial charge on any atom is 0.262 e. The molecule has 10 heteroatoms. The molecule has 0 atom stereocenters. The lowest BCUT2D eigenvalue weighted by Gasteiger charge is -2.10. The van der Waals surface area contributed by atoms with Crippen LogP contribution in [-0.4, -0.2) is 48.2 Å². The largest absolute Gasteiger partial charge is 0.385 e. The molecule has 3 aromatic rings.